The van der Waals surface area contributed by atoms with E-state index in [0.29, 0.717) is 6.42 Å². The summed E-state index contributed by atoms with van der Waals surface area (Å²) in [6, 6.07) is 0. The molecule has 8 nitrogen and oxygen atoms in total. The van der Waals surface area contributed by atoms with Gasteiger partial charge >= 0.3 is 23.9 Å². The van der Waals surface area contributed by atoms with E-state index < -0.39 is 59.9 Å². The van der Waals surface area contributed by atoms with Gasteiger partial charge in [-0.15, -0.1) is 0 Å². The smallest absolute Gasteiger partial charge is 0.347 e. The molecule has 1 saturated heterocycles. The van der Waals surface area contributed by atoms with Crippen molar-refractivity contribution in [3.63, 3.8) is 0 Å². The molecule has 7 atom stereocenters. The molecule has 3 fully saturated rings. The summed E-state index contributed by atoms with van der Waals surface area (Å²) in [5.41, 5.74) is 0.157. The van der Waals surface area contributed by atoms with Crippen molar-refractivity contribution >= 4 is 23.9 Å². The number of hydrogen-bond acceptors (Lipinski definition) is 7. The standard InChI is InChI=1S/C17H20O8/c1-4-9(23-15(20)6(2)3)16(21)24-12-7-5-8-11(10(7)14(18)19)17(22)25-13(8)12/h7-13H,2,4-5H2,1,3H3,(H,18,19). The molecule has 0 aromatic carbocycles. The minimum Gasteiger partial charge on any atom is -0.481 e. The van der Waals surface area contributed by atoms with Crippen molar-refractivity contribution in [1.82, 2.24) is 0 Å². The Bertz CT molecular complexity index is 653. The second-order valence-electron chi connectivity index (χ2n) is 6.84. The molecule has 0 radical (unpaired) electrons. The van der Waals surface area contributed by atoms with E-state index in [2.05, 4.69) is 6.58 Å². The van der Waals surface area contributed by atoms with E-state index in [1.54, 1.807) is 6.92 Å². The summed E-state index contributed by atoms with van der Waals surface area (Å²) in [5.74, 6) is -5.37. The molecular weight excluding hydrogens is 332 g/mol. The predicted molar refractivity (Wildman–Crippen MR) is 81.0 cm³/mol. The maximum Gasteiger partial charge on any atom is 0.347 e. The van der Waals surface area contributed by atoms with Gasteiger partial charge in [0.05, 0.1) is 11.8 Å². The van der Waals surface area contributed by atoms with Gasteiger partial charge in [0.2, 0.25) is 0 Å². The molecule has 3 rings (SSSR count). The second-order valence-corrected chi connectivity index (χ2v) is 6.84. The summed E-state index contributed by atoms with van der Waals surface area (Å²) >= 11 is 0. The summed E-state index contributed by atoms with van der Waals surface area (Å²) < 4.78 is 15.8. The highest BCUT2D eigenvalue weighted by Gasteiger charge is 2.70. The van der Waals surface area contributed by atoms with E-state index in [1.165, 1.54) is 6.92 Å². The fourth-order valence-electron chi connectivity index (χ4n) is 4.22. The van der Waals surface area contributed by atoms with E-state index in [-0.39, 0.29) is 17.9 Å². The molecule has 0 aromatic rings. The second kappa shape index (κ2) is 6.16. The maximum atomic E-state index is 12.4. The molecule has 25 heavy (non-hydrogen) atoms. The molecule has 2 aliphatic carbocycles. The quantitative estimate of drug-likeness (QED) is 0.422. The molecular formula is C17H20O8. The molecule has 1 aliphatic heterocycles. The van der Waals surface area contributed by atoms with Gasteiger partial charge in [-0.1, -0.05) is 13.5 Å². The Labute approximate surface area is 144 Å². The molecule has 2 bridgehead atoms. The van der Waals surface area contributed by atoms with Crippen molar-refractivity contribution in [3.8, 4) is 0 Å². The highest BCUT2D eigenvalue weighted by molar-refractivity contribution is 5.89. The van der Waals surface area contributed by atoms with Crippen LogP contribution in [-0.4, -0.2) is 47.3 Å². The Morgan fingerprint density at radius 2 is 2.04 bits per heavy atom. The lowest BCUT2D eigenvalue weighted by atomic mass is 9.78. The molecule has 0 amide bonds. The fourth-order valence-corrected chi connectivity index (χ4v) is 4.22. The van der Waals surface area contributed by atoms with E-state index in [1.807, 2.05) is 0 Å². The number of carboxylic acids is 1. The Kier molecular flexibility index (Phi) is 4.30. The van der Waals surface area contributed by atoms with Crippen LogP contribution in [0.4, 0.5) is 0 Å². The summed E-state index contributed by atoms with van der Waals surface area (Å²) in [6.45, 7) is 6.58. The third kappa shape index (κ3) is 2.69. The van der Waals surface area contributed by atoms with Gasteiger partial charge in [-0.2, -0.15) is 0 Å². The largest absolute Gasteiger partial charge is 0.481 e. The summed E-state index contributed by atoms with van der Waals surface area (Å²) in [6.07, 6.45) is -1.87. The number of carbonyl (C=O) groups is 4. The molecule has 2 saturated carbocycles. The molecule has 7 unspecified atom stereocenters. The van der Waals surface area contributed by atoms with Crippen LogP contribution in [0.25, 0.3) is 0 Å². The number of aliphatic carboxylic acids is 1. The van der Waals surface area contributed by atoms with Crippen LogP contribution < -0.4 is 0 Å². The van der Waals surface area contributed by atoms with Crippen LogP contribution in [0.2, 0.25) is 0 Å². The zero-order chi connectivity index (χ0) is 18.5. The molecule has 136 valence electrons. The van der Waals surface area contributed by atoms with Crippen LogP contribution in [0.15, 0.2) is 12.2 Å². The lowest BCUT2D eigenvalue weighted by Gasteiger charge is -2.30. The highest BCUT2D eigenvalue weighted by Crippen LogP contribution is 2.58. The van der Waals surface area contributed by atoms with E-state index in [9.17, 15) is 24.3 Å². The van der Waals surface area contributed by atoms with Crippen molar-refractivity contribution in [2.45, 2.75) is 45.0 Å². The Morgan fingerprint density at radius 3 is 2.60 bits per heavy atom. The summed E-state index contributed by atoms with van der Waals surface area (Å²) in [4.78, 5) is 47.5. The molecule has 3 aliphatic rings. The molecule has 1 N–H and O–H groups in total. The van der Waals surface area contributed by atoms with Crippen molar-refractivity contribution in [3.05, 3.63) is 12.2 Å². The van der Waals surface area contributed by atoms with Crippen molar-refractivity contribution in [2.75, 3.05) is 0 Å². The van der Waals surface area contributed by atoms with Crippen molar-refractivity contribution in [2.24, 2.45) is 23.7 Å². The number of hydrogen-bond donors (Lipinski definition) is 1. The molecule has 8 heteroatoms. The van der Waals surface area contributed by atoms with Crippen LogP contribution in [0, 0.1) is 23.7 Å². The minimum atomic E-state index is -1.11. The topological polar surface area (TPSA) is 116 Å². The number of esters is 3. The number of rotatable bonds is 6. The van der Waals surface area contributed by atoms with E-state index in [0.717, 1.165) is 0 Å². The Morgan fingerprint density at radius 1 is 1.36 bits per heavy atom. The SMILES string of the molecule is C=C(C)C(=O)OC(CC)C(=O)OC1C2CC3C1OC(=O)C3C2C(=O)O. The van der Waals surface area contributed by atoms with Crippen LogP contribution in [0.3, 0.4) is 0 Å². The first-order chi connectivity index (χ1) is 11.8. The monoisotopic (exact) mass is 352 g/mol. The van der Waals surface area contributed by atoms with Crippen LogP contribution in [0.5, 0.6) is 0 Å². The van der Waals surface area contributed by atoms with Gasteiger partial charge in [-0.25, -0.2) is 9.59 Å². The van der Waals surface area contributed by atoms with Gasteiger partial charge in [-0.05, 0) is 19.8 Å². The first-order valence-corrected chi connectivity index (χ1v) is 8.26. The van der Waals surface area contributed by atoms with E-state index in [4.69, 9.17) is 14.2 Å². The van der Waals surface area contributed by atoms with Gasteiger partial charge in [0.1, 0.15) is 12.2 Å². The minimum absolute atomic E-state index is 0.157. The fraction of sp³-hybridized carbons (Fsp3) is 0.647. The number of ether oxygens (including phenoxy) is 3. The van der Waals surface area contributed by atoms with Gasteiger partial charge in [0.15, 0.2) is 6.10 Å². The first kappa shape index (κ1) is 17.4. The summed E-state index contributed by atoms with van der Waals surface area (Å²) in [7, 11) is 0. The lowest BCUT2D eigenvalue weighted by molar-refractivity contribution is -0.178. The van der Waals surface area contributed by atoms with Gasteiger partial charge < -0.3 is 19.3 Å². The van der Waals surface area contributed by atoms with Crippen LogP contribution >= 0.6 is 0 Å². The number of carbonyl (C=O) groups excluding carboxylic acids is 3. The Hall–Kier alpha value is -2.38. The maximum absolute atomic E-state index is 12.4. The van der Waals surface area contributed by atoms with E-state index >= 15 is 0 Å². The number of carboxylic acid groups (broad SMARTS) is 1. The molecule has 0 spiro atoms. The number of fused-ring (bicyclic) bond motifs is 1. The van der Waals surface area contributed by atoms with Crippen molar-refractivity contribution < 1.29 is 38.5 Å². The summed E-state index contributed by atoms with van der Waals surface area (Å²) in [5, 5.41) is 9.43. The third-order valence-electron chi connectivity index (χ3n) is 5.31. The third-order valence-corrected chi connectivity index (χ3v) is 5.31. The van der Waals surface area contributed by atoms with Gasteiger partial charge in [0.25, 0.3) is 0 Å². The van der Waals surface area contributed by atoms with Crippen molar-refractivity contribution in [1.29, 1.82) is 0 Å². The zero-order valence-corrected chi connectivity index (χ0v) is 14.0. The molecule has 1 heterocycles. The predicted octanol–water partition coefficient (Wildman–Crippen LogP) is 0.688. The normalized spacial score (nSPS) is 35.8. The molecule has 0 aromatic heterocycles. The van der Waals surface area contributed by atoms with Crippen LogP contribution in [0.1, 0.15) is 26.7 Å². The average molecular weight is 352 g/mol. The zero-order valence-electron chi connectivity index (χ0n) is 14.0. The van der Waals surface area contributed by atoms with Gasteiger partial charge in [0, 0.05) is 17.4 Å². The van der Waals surface area contributed by atoms with Crippen LogP contribution in [-0.2, 0) is 33.4 Å². The Balaban J connectivity index is 1.73. The average Bonchev–Trinajstić information content (AvgIpc) is 3.15. The highest BCUT2D eigenvalue weighted by atomic mass is 16.6. The first-order valence-electron chi connectivity index (χ1n) is 8.26. The lowest BCUT2D eigenvalue weighted by Crippen LogP contribution is -2.45. The van der Waals surface area contributed by atoms with Gasteiger partial charge in [-0.3, -0.25) is 9.59 Å².